The molecule has 1 aromatic rings. The number of nitrogens with two attached hydrogens (primary N) is 1. The molecule has 2 N–H and O–H groups in total. The van der Waals surface area contributed by atoms with Crippen molar-refractivity contribution in [2.75, 3.05) is 0 Å². The van der Waals surface area contributed by atoms with E-state index in [2.05, 4.69) is 62.4 Å². The van der Waals surface area contributed by atoms with Gasteiger partial charge in [0.1, 0.15) is 0 Å². The lowest BCUT2D eigenvalue weighted by molar-refractivity contribution is 0.457. The third-order valence-corrected chi connectivity index (χ3v) is 4.30. The van der Waals surface area contributed by atoms with Crippen LogP contribution in [0.4, 0.5) is 0 Å². The number of allylic oxidation sites excluding steroid dienone is 5. The van der Waals surface area contributed by atoms with E-state index in [1.807, 2.05) is 6.08 Å². The smallest absolute Gasteiger partial charge is 0.0390 e. The van der Waals surface area contributed by atoms with E-state index in [-0.39, 0.29) is 5.41 Å². The Labute approximate surface area is 122 Å². The molecule has 1 atom stereocenters. The van der Waals surface area contributed by atoms with Gasteiger partial charge in [0.15, 0.2) is 0 Å². The molecule has 106 valence electrons. The topological polar surface area (TPSA) is 26.0 Å². The minimum atomic E-state index is 0.106. The number of benzene rings is 1. The Morgan fingerprint density at radius 2 is 2.10 bits per heavy atom. The van der Waals surface area contributed by atoms with Crippen molar-refractivity contribution in [1.29, 1.82) is 0 Å². The van der Waals surface area contributed by atoms with Crippen molar-refractivity contribution in [2.24, 2.45) is 5.73 Å². The first kappa shape index (κ1) is 14.6. The van der Waals surface area contributed by atoms with Gasteiger partial charge in [-0.25, -0.2) is 0 Å². The fourth-order valence-corrected chi connectivity index (χ4v) is 3.17. The van der Waals surface area contributed by atoms with Crippen LogP contribution in [0.15, 0.2) is 54.6 Å². The maximum atomic E-state index is 6.29. The standard InChI is InChI=1S/C19H25N/c1-3-14-19(4-2)15-10-6-5-7-13-18(20)16-11-8-9-12-17(16)19/h3,5,7-9,11-14H,4,6,10,15,20H2,1-2H3/b7-5-,14-3?,18-13-. The van der Waals surface area contributed by atoms with E-state index in [1.54, 1.807) is 0 Å². The lowest BCUT2D eigenvalue weighted by Gasteiger charge is -2.33. The molecule has 0 amide bonds. The molecule has 1 heteroatoms. The van der Waals surface area contributed by atoms with Gasteiger partial charge in [-0.3, -0.25) is 0 Å². The van der Waals surface area contributed by atoms with Crippen LogP contribution in [0, 0.1) is 0 Å². The van der Waals surface area contributed by atoms with Crippen LogP contribution in [0.3, 0.4) is 0 Å². The first-order valence-corrected chi connectivity index (χ1v) is 7.59. The van der Waals surface area contributed by atoms with Crippen molar-refractivity contribution in [3.63, 3.8) is 0 Å². The van der Waals surface area contributed by atoms with Crippen molar-refractivity contribution < 1.29 is 0 Å². The van der Waals surface area contributed by atoms with E-state index in [9.17, 15) is 0 Å². The minimum absolute atomic E-state index is 0.106. The van der Waals surface area contributed by atoms with Gasteiger partial charge in [-0.05, 0) is 44.2 Å². The quantitative estimate of drug-likeness (QED) is 0.754. The second-order valence-electron chi connectivity index (χ2n) is 5.50. The summed E-state index contributed by atoms with van der Waals surface area (Å²) < 4.78 is 0. The molecule has 0 aromatic heterocycles. The second kappa shape index (κ2) is 6.60. The Morgan fingerprint density at radius 3 is 2.85 bits per heavy atom. The highest BCUT2D eigenvalue weighted by Gasteiger charge is 2.29. The van der Waals surface area contributed by atoms with Crippen LogP contribution in [0.2, 0.25) is 0 Å². The Kier molecular flexibility index (Phi) is 4.84. The monoisotopic (exact) mass is 267 g/mol. The lowest BCUT2D eigenvalue weighted by Crippen LogP contribution is -2.25. The van der Waals surface area contributed by atoms with Gasteiger partial charge in [-0.15, -0.1) is 0 Å². The zero-order chi connectivity index (χ0) is 14.4. The van der Waals surface area contributed by atoms with Crippen molar-refractivity contribution in [3.8, 4) is 0 Å². The average Bonchev–Trinajstić information content (AvgIpc) is 2.49. The Bertz CT molecular complexity index is 536. The van der Waals surface area contributed by atoms with Gasteiger partial charge in [0.25, 0.3) is 0 Å². The molecule has 0 aliphatic heterocycles. The molecule has 1 aromatic carbocycles. The summed E-state index contributed by atoms with van der Waals surface area (Å²) in [6, 6.07) is 8.59. The molecule has 1 aliphatic carbocycles. The van der Waals surface area contributed by atoms with Crippen LogP contribution in [0.25, 0.3) is 5.70 Å². The third kappa shape index (κ3) is 2.87. The first-order chi connectivity index (χ1) is 9.73. The summed E-state index contributed by atoms with van der Waals surface area (Å²) in [5.41, 5.74) is 9.81. The Morgan fingerprint density at radius 1 is 1.30 bits per heavy atom. The van der Waals surface area contributed by atoms with E-state index in [4.69, 9.17) is 5.73 Å². The molecule has 0 saturated carbocycles. The molecule has 1 nitrogen and oxygen atoms in total. The van der Waals surface area contributed by atoms with Gasteiger partial charge in [-0.1, -0.05) is 55.5 Å². The van der Waals surface area contributed by atoms with Gasteiger partial charge in [0.2, 0.25) is 0 Å². The van der Waals surface area contributed by atoms with E-state index in [1.165, 1.54) is 24.0 Å². The maximum absolute atomic E-state index is 6.29. The number of fused-ring (bicyclic) bond motifs is 1. The Balaban J connectivity index is 2.64. The first-order valence-electron chi connectivity index (χ1n) is 7.59. The average molecular weight is 267 g/mol. The van der Waals surface area contributed by atoms with Crippen molar-refractivity contribution in [2.45, 2.75) is 44.9 Å². The fraction of sp³-hybridized carbons (Fsp3) is 0.368. The van der Waals surface area contributed by atoms with Crippen molar-refractivity contribution >= 4 is 5.70 Å². The molecule has 0 heterocycles. The lowest BCUT2D eigenvalue weighted by atomic mass is 9.71. The van der Waals surface area contributed by atoms with Crippen molar-refractivity contribution in [1.82, 2.24) is 0 Å². The van der Waals surface area contributed by atoms with Crippen molar-refractivity contribution in [3.05, 3.63) is 65.8 Å². The molecular weight excluding hydrogens is 242 g/mol. The van der Waals surface area contributed by atoms with Gasteiger partial charge in [0.05, 0.1) is 0 Å². The predicted octanol–water partition coefficient (Wildman–Crippen LogP) is 4.95. The minimum Gasteiger partial charge on any atom is -0.398 e. The third-order valence-electron chi connectivity index (χ3n) is 4.30. The highest BCUT2D eigenvalue weighted by atomic mass is 14.6. The summed E-state index contributed by atoms with van der Waals surface area (Å²) in [5, 5.41) is 0. The largest absolute Gasteiger partial charge is 0.398 e. The number of hydrogen-bond donors (Lipinski definition) is 1. The van der Waals surface area contributed by atoms with Gasteiger partial charge in [-0.2, -0.15) is 0 Å². The van der Waals surface area contributed by atoms with Crippen LogP contribution < -0.4 is 5.73 Å². The molecule has 1 aliphatic rings. The van der Waals surface area contributed by atoms with Gasteiger partial charge >= 0.3 is 0 Å². The van der Waals surface area contributed by atoms with Gasteiger partial charge in [0, 0.05) is 16.7 Å². The molecular formula is C19H25N. The van der Waals surface area contributed by atoms with Crippen LogP contribution in [0.5, 0.6) is 0 Å². The van der Waals surface area contributed by atoms with E-state index >= 15 is 0 Å². The predicted molar refractivity (Wildman–Crippen MR) is 88.4 cm³/mol. The van der Waals surface area contributed by atoms with E-state index < -0.39 is 0 Å². The molecule has 20 heavy (non-hydrogen) atoms. The fourth-order valence-electron chi connectivity index (χ4n) is 3.17. The normalized spacial score (nSPS) is 27.6. The second-order valence-corrected chi connectivity index (χ2v) is 5.50. The molecule has 0 radical (unpaired) electrons. The van der Waals surface area contributed by atoms with Gasteiger partial charge < -0.3 is 5.73 Å². The highest BCUT2D eigenvalue weighted by molar-refractivity contribution is 5.68. The van der Waals surface area contributed by atoms with E-state index in [0.29, 0.717) is 0 Å². The summed E-state index contributed by atoms with van der Waals surface area (Å²) >= 11 is 0. The number of hydrogen-bond acceptors (Lipinski definition) is 1. The summed E-state index contributed by atoms with van der Waals surface area (Å²) in [6.07, 6.45) is 15.5. The molecule has 0 bridgehead atoms. The number of rotatable bonds is 2. The maximum Gasteiger partial charge on any atom is 0.0390 e. The highest BCUT2D eigenvalue weighted by Crippen LogP contribution is 2.39. The summed E-state index contributed by atoms with van der Waals surface area (Å²) in [7, 11) is 0. The molecule has 0 fully saturated rings. The molecule has 2 rings (SSSR count). The molecule has 1 unspecified atom stereocenters. The summed E-state index contributed by atoms with van der Waals surface area (Å²) in [4.78, 5) is 0. The van der Waals surface area contributed by atoms with Crippen LogP contribution >= 0.6 is 0 Å². The SMILES string of the molecule is CC=CC1(CC)CCC/C=C\C=C(/N)c2ccccc21. The molecule has 0 spiro atoms. The summed E-state index contributed by atoms with van der Waals surface area (Å²) in [5.74, 6) is 0. The summed E-state index contributed by atoms with van der Waals surface area (Å²) in [6.45, 7) is 4.39. The molecule has 0 saturated heterocycles. The van der Waals surface area contributed by atoms with E-state index in [0.717, 1.165) is 18.5 Å². The van der Waals surface area contributed by atoms with Crippen LogP contribution in [-0.2, 0) is 5.41 Å². The zero-order valence-electron chi connectivity index (χ0n) is 12.6. The zero-order valence-corrected chi connectivity index (χ0v) is 12.6. The van der Waals surface area contributed by atoms with Crippen LogP contribution in [-0.4, -0.2) is 0 Å². The van der Waals surface area contributed by atoms with Crippen LogP contribution in [0.1, 0.15) is 50.7 Å². The Hall–Kier alpha value is -1.76.